The van der Waals surface area contributed by atoms with Gasteiger partial charge < -0.3 is 15.0 Å². The average Bonchev–Trinajstić information content (AvgIpc) is 2.81. The number of esters is 1. The number of urea groups is 1. The molecule has 180 valence electrons. The smallest absolute Gasteiger partial charge is 0.341 e. The van der Waals surface area contributed by atoms with Crippen molar-refractivity contribution < 1.29 is 14.3 Å². The lowest BCUT2D eigenvalue weighted by atomic mass is 9.87. The molecule has 0 saturated carbocycles. The van der Waals surface area contributed by atoms with Gasteiger partial charge in [0.25, 0.3) is 0 Å². The van der Waals surface area contributed by atoms with Gasteiger partial charge in [-0.2, -0.15) is 0 Å². The van der Waals surface area contributed by atoms with Crippen molar-refractivity contribution in [2.24, 2.45) is 10.9 Å². The van der Waals surface area contributed by atoms with Crippen LogP contribution in [0.25, 0.3) is 0 Å². The summed E-state index contributed by atoms with van der Waals surface area (Å²) in [4.78, 5) is 34.4. The Morgan fingerprint density at radius 2 is 1.82 bits per heavy atom. The zero-order chi connectivity index (χ0) is 24.2. The number of anilines is 1. The largest absolute Gasteiger partial charge is 0.465 e. The normalized spacial score (nSPS) is 21.1. The predicted octanol–water partition coefficient (Wildman–Crippen LogP) is 4.16. The molecule has 2 heterocycles. The van der Waals surface area contributed by atoms with E-state index in [0.717, 1.165) is 31.7 Å². The van der Waals surface area contributed by atoms with Crippen molar-refractivity contribution in [2.45, 2.75) is 26.8 Å². The number of nitrogens with one attached hydrogen (secondary N) is 1. The summed E-state index contributed by atoms with van der Waals surface area (Å²) >= 11 is 6.05. The number of rotatable bonds is 6. The molecule has 0 aromatic heterocycles. The van der Waals surface area contributed by atoms with Crippen molar-refractivity contribution in [3.05, 3.63) is 64.2 Å². The molecule has 2 atom stereocenters. The maximum Gasteiger partial charge on any atom is 0.341 e. The number of carbonyl (C=O) groups excluding carboxylic acids is 2. The van der Waals surface area contributed by atoms with Crippen LogP contribution in [0.2, 0.25) is 5.02 Å². The summed E-state index contributed by atoms with van der Waals surface area (Å²) < 4.78 is 5.39. The van der Waals surface area contributed by atoms with Crippen LogP contribution in [-0.2, 0) is 9.53 Å². The van der Waals surface area contributed by atoms with Gasteiger partial charge in [0.05, 0.1) is 18.4 Å². The number of aliphatic imine (C=N–C) groups is 1. The summed E-state index contributed by atoms with van der Waals surface area (Å²) in [6.07, 6.45) is 0. The molecular formula is C26H31ClN4O3. The van der Waals surface area contributed by atoms with E-state index in [9.17, 15) is 9.59 Å². The van der Waals surface area contributed by atoms with E-state index in [2.05, 4.69) is 52.2 Å². The fourth-order valence-electron chi connectivity index (χ4n) is 4.66. The summed E-state index contributed by atoms with van der Waals surface area (Å²) in [7, 11) is 0. The van der Waals surface area contributed by atoms with E-state index in [-0.39, 0.29) is 12.6 Å². The Kier molecular flexibility index (Phi) is 7.54. The standard InChI is InChI=1S/C26H31ClN4O3/c1-4-34-25(32)23-21(28-26(33)29-24(23)19-7-9-20(27)10-8-19)16-30-11-13-31(14-12-30)22-15-17(2)5-6-18(22)3/h5-10,15,23-24H,4,11-14,16H2,1-3H3,(H,29,33). The molecule has 2 aliphatic heterocycles. The zero-order valence-corrected chi connectivity index (χ0v) is 20.6. The molecule has 0 aliphatic carbocycles. The molecule has 0 spiro atoms. The van der Waals surface area contributed by atoms with Crippen LogP contribution in [0.3, 0.4) is 0 Å². The highest BCUT2D eigenvalue weighted by molar-refractivity contribution is 6.30. The lowest BCUT2D eigenvalue weighted by molar-refractivity contribution is -0.146. The highest BCUT2D eigenvalue weighted by Gasteiger charge is 2.40. The fraction of sp³-hybridized carbons (Fsp3) is 0.423. The lowest BCUT2D eigenvalue weighted by Gasteiger charge is -2.39. The van der Waals surface area contributed by atoms with Gasteiger partial charge in [0.15, 0.2) is 0 Å². The number of amides is 2. The minimum Gasteiger partial charge on any atom is -0.465 e. The first-order valence-corrected chi connectivity index (χ1v) is 12.1. The van der Waals surface area contributed by atoms with Crippen molar-refractivity contribution in [2.75, 3.05) is 44.2 Å². The molecule has 2 unspecified atom stereocenters. The Labute approximate surface area is 205 Å². The van der Waals surface area contributed by atoms with Crippen molar-refractivity contribution >= 4 is 35.0 Å². The third-order valence-electron chi connectivity index (χ3n) is 6.45. The number of ether oxygens (including phenoxy) is 1. The van der Waals surface area contributed by atoms with Gasteiger partial charge in [0.2, 0.25) is 0 Å². The van der Waals surface area contributed by atoms with Crippen LogP contribution in [0.5, 0.6) is 0 Å². The summed E-state index contributed by atoms with van der Waals surface area (Å²) in [5.74, 6) is -1.06. The first kappa shape index (κ1) is 24.2. The Hall–Kier alpha value is -2.90. The fourth-order valence-corrected chi connectivity index (χ4v) is 4.79. The number of nitrogens with zero attached hydrogens (tertiary/aromatic N) is 3. The van der Waals surface area contributed by atoms with Crippen molar-refractivity contribution in [3.8, 4) is 0 Å². The Morgan fingerprint density at radius 3 is 2.50 bits per heavy atom. The third-order valence-corrected chi connectivity index (χ3v) is 6.70. The van der Waals surface area contributed by atoms with E-state index < -0.39 is 18.0 Å². The lowest BCUT2D eigenvalue weighted by Crippen LogP contribution is -2.52. The molecule has 0 bridgehead atoms. The number of aryl methyl sites for hydroxylation is 2. The summed E-state index contributed by atoms with van der Waals surface area (Å²) in [6.45, 7) is 10.1. The van der Waals surface area contributed by atoms with Crippen molar-refractivity contribution in [3.63, 3.8) is 0 Å². The SMILES string of the molecule is CCOC(=O)C1C(CN2CCN(c3cc(C)ccc3C)CC2)=NC(=O)NC1c1ccc(Cl)cc1. The molecular weight excluding hydrogens is 452 g/mol. The number of hydrogen-bond donors (Lipinski definition) is 1. The first-order chi connectivity index (χ1) is 16.4. The van der Waals surface area contributed by atoms with Crippen LogP contribution in [0.15, 0.2) is 47.5 Å². The highest BCUT2D eigenvalue weighted by Crippen LogP contribution is 2.30. The van der Waals surface area contributed by atoms with E-state index in [1.165, 1.54) is 16.8 Å². The van der Waals surface area contributed by atoms with Crippen LogP contribution < -0.4 is 10.2 Å². The molecule has 2 aromatic rings. The minimum atomic E-state index is -0.684. The minimum absolute atomic E-state index is 0.262. The van der Waals surface area contributed by atoms with Gasteiger partial charge in [0, 0.05) is 43.4 Å². The van der Waals surface area contributed by atoms with Gasteiger partial charge in [0.1, 0.15) is 5.92 Å². The number of benzene rings is 2. The second kappa shape index (κ2) is 10.6. The highest BCUT2D eigenvalue weighted by atomic mass is 35.5. The molecule has 2 amide bonds. The Balaban J connectivity index is 1.51. The van der Waals surface area contributed by atoms with Crippen LogP contribution in [0.1, 0.15) is 29.7 Å². The topological polar surface area (TPSA) is 74.2 Å². The molecule has 7 nitrogen and oxygen atoms in total. The molecule has 0 radical (unpaired) electrons. The second-order valence-corrected chi connectivity index (χ2v) is 9.30. The van der Waals surface area contributed by atoms with Crippen LogP contribution >= 0.6 is 11.6 Å². The van der Waals surface area contributed by atoms with Gasteiger partial charge in [-0.05, 0) is 55.7 Å². The van der Waals surface area contributed by atoms with E-state index in [4.69, 9.17) is 16.3 Å². The predicted molar refractivity (Wildman–Crippen MR) is 135 cm³/mol. The van der Waals surface area contributed by atoms with E-state index in [1.54, 1.807) is 19.1 Å². The van der Waals surface area contributed by atoms with Gasteiger partial charge in [-0.1, -0.05) is 35.9 Å². The molecule has 8 heteroatoms. The number of hydrogen-bond acceptors (Lipinski definition) is 5. The molecule has 34 heavy (non-hydrogen) atoms. The van der Waals surface area contributed by atoms with Crippen molar-refractivity contribution in [1.82, 2.24) is 10.2 Å². The number of carbonyl (C=O) groups is 2. The van der Waals surface area contributed by atoms with Crippen LogP contribution in [-0.4, -0.2) is 61.9 Å². The van der Waals surface area contributed by atoms with E-state index in [0.29, 0.717) is 17.3 Å². The zero-order valence-electron chi connectivity index (χ0n) is 19.9. The van der Waals surface area contributed by atoms with E-state index in [1.807, 2.05) is 12.1 Å². The van der Waals surface area contributed by atoms with Crippen LogP contribution in [0, 0.1) is 19.8 Å². The number of piperazine rings is 1. The second-order valence-electron chi connectivity index (χ2n) is 8.86. The third kappa shape index (κ3) is 5.42. The molecule has 4 rings (SSSR count). The number of halogens is 1. The quantitative estimate of drug-likeness (QED) is 0.626. The van der Waals surface area contributed by atoms with Gasteiger partial charge >= 0.3 is 12.0 Å². The van der Waals surface area contributed by atoms with Crippen LogP contribution in [0.4, 0.5) is 10.5 Å². The van der Waals surface area contributed by atoms with Crippen molar-refractivity contribution in [1.29, 1.82) is 0 Å². The molecule has 1 N–H and O–H groups in total. The van der Waals surface area contributed by atoms with E-state index >= 15 is 0 Å². The summed E-state index contributed by atoms with van der Waals surface area (Å²) in [6, 6.07) is 12.7. The molecule has 2 aliphatic rings. The molecule has 1 saturated heterocycles. The van der Waals surface area contributed by atoms with Gasteiger partial charge in [-0.3, -0.25) is 9.69 Å². The summed E-state index contributed by atoms with van der Waals surface area (Å²) in [5, 5.41) is 3.44. The van der Waals surface area contributed by atoms with Gasteiger partial charge in [-0.25, -0.2) is 9.79 Å². The monoisotopic (exact) mass is 482 g/mol. The maximum atomic E-state index is 13.0. The summed E-state index contributed by atoms with van der Waals surface area (Å²) in [5.41, 5.74) is 5.11. The average molecular weight is 483 g/mol. The molecule has 1 fully saturated rings. The first-order valence-electron chi connectivity index (χ1n) is 11.7. The van der Waals surface area contributed by atoms with Gasteiger partial charge in [-0.15, -0.1) is 0 Å². The maximum absolute atomic E-state index is 13.0. The Morgan fingerprint density at radius 1 is 1.12 bits per heavy atom. The molecule has 2 aromatic carbocycles. The Bertz CT molecular complexity index is 1080.